The molecule has 0 aliphatic heterocycles. The summed E-state index contributed by atoms with van der Waals surface area (Å²) in [6, 6.07) is 11.7. The van der Waals surface area contributed by atoms with Gasteiger partial charge in [0.1, 0.15) is 0 Å². The smallest absolute Gasteiger partial charge is 0.279 e. The molecule has 140 valence electrons. The maximum atomic E-state index is 13.0. The second kappa shape index (κ2) is 7.74. The molecule has 2 aromatic carbocycles. The minimum atomic E-state index is -0.320. The zero-order valence-electron chi connectivity index (χ0n) is 16.5. The first kappa shape index (κ1) is 18.8. The van der Waals surface area contributed by atoms with Gasteiger partial charge in [0.25, 0.3) is 5.91 Å². The standard InChI is InChI=1S/C22H25N3O2/c1-6-16-9-7-8-10-17(16)24-21(26)20-22(27-13(2)3)25-19-12-15(5)14(4)11-18(19)23-20/h7-13H,6H2,1-5H3,(H,24,26). The normalized spacial score (nSPS) is 11.0. The van der Waals surface area contributed by atoms with Crippen molar-refractivity contribution in [1.82, 2.24) is 9.97 Å². The van der Waals surface area contributed by atoms with Crippen molar-refractivity contribution >= 4 is 22.6 Å². The Labute approximate surface area is 159 Å². The van der Waals surface area contributed by atoms with Gasteiger partial charge in [-0.15, -0.1) is 0 Å². The number of hydrogen-bond donors (Lipinski definition) is 1. The number of aryl methyl sites for hydroxylation is 3. The average Bonchev–Trinajstić information content (AvgIpc) is 2.62. The predicted octanol–water partition coefficient (Wildman–Crippen LogP) is 4.85. The van der Waals surface area contributed by atoms with Crippen LogP contribution in [0.25, 0.3) is 11.0 Å². The van der Waals surface area contributed by atoms with Crippen molar-refractivity contribution in [3.05, 3.63) is 58.8 Å². The van der Waals surface area contributed by atoms with E-state index in [2.05, 4.69) is 22.2 Å². The van der Waals surface area contributed by atoms with Crippen LogP contribution in [0.3, 0.4) is 0 Å². The third-order valence-corrected chi connectivity index (χ3v) is 4.46. The summed E-state index contributed by atoms with van der Waals surface area (Å²) in [4.78, 5) is 22.1. The van der Waals surface area contributed by atoms with Crippen LogP contribution in [0.2, 0.25) is 0 Å². The van der Waals surface area contributed by atoms with Crippen LogP contribution in [0.4, 0.5) is 5.69 Å². The largest absolute Gasteiger partial charge is 0.473 e. The number of anilines is 1. The van der Waals surface area contributed by atoms with E-state index >= 15 is 0 Å². The Kier molecular flexibility index (Phi) is 5.40. The maximum absolute atomic E-state index is 13.0. The highest BCUT2D eigenvalue weighted by molar-refractivity contribution is 6.05. The minimum absolute atomic E-state index is 0.113. The molecule has 1 heterocycles. The number of benzene rings is 2. The number of amides is 1. The molecule has 0 unspecified atom stereocenters. The van der Waals surface area contributed by atoms with Gasteiger partial charge < -0.3 is 10.1 Å². The molecule has 1 amide bonds. The molecule has 1 aromatic heterocycles. The summed E-state index contributed by atoms with van der Waals surface area (Å²) in [7, 11) is 0. The molecule has 0 radical (unpaired) electrons. The van der Waals surface area contributed by atoms with Crippen molar-refractivity contribution in [2.75, 3.05) is 5.32 Å². The fraction of sp³-hybridized carbons (Fsp3) is 0.318. The summed E-state index contributed by atoms with van der Waals surface area (Å²) in [5.74, 6) is -0.0635. The second-order valence-corrected chi connectivity index (χ2v) is 6.93. The Morgan fingerprint density at radius 2 is 1.70 bits per heavy atom. The summed E-state index contributed by atoms with van der Waals surface area (Å²) in [5.41, 5.74) is 5.69. The quantitative estimate of drug-likeness (QED) is 0.704. The molecule has 0 spiro atoms. The van der Waals surface area contributed by atoms with E-state index in [1.54, 1.807) is 0 Å². The van der Waals surface area contributed by atoms with E-state index in [0.29, 0.717) is 5.52 Å². The molecular weight excluding hydrogens is 338 g/mol. The predicted molar refractivity (Wildman–Crippen MR) is 109 cm³/mol. The second-order valence-electron chi connectivity index (χ2n) is 6.93. The Morgan fingerprint density at radius 1 is 1.07 bits per heavy atom. The number of aromatic nitrogens is 2. The highest BCUT2D eigenvalue weighted by atomic mass is 16.5. The van der Waals surface area contributed by atoms with Crippen LogP contribution in [0.1, 0.15) is 48.0 Å². The van der Waals surface area contributed by atoms with Gasteiger partial charge in [-0.1, -0.05) is 25.1 Å². The molecule has 0 saturated heterocycles. The average molecular weight is 363 g/mol. The van der Waals surface area contributed by atoms with Crippen molar-refractivity contribution in [2.24, 2.45) is 0 Å². The number of rotatable bonds is 5. The Bertz CT molecular complexity index is 996. The van der Waals surface area contributed by atoms with Gasteiger partial charge in [-0.05, 0) is 69.0 Å². The fourth-order valence-electron chi connectivity index (χ4n) is 2.88. The third kappa shape index (κ3) is 4.08. The van der Waals surface area contributed by atoms with E-state index in [1.165, 1.54) is 0 Å². The number of carbonyl (C=O) groups excluding carboxylic acids is 1. The van der Waals surface area contributed by atoms with Crippen molar-refractivity contribution in [2.45, 2.75) is 47.1 Å². The molecule has 27 heavy (non-hydrogen) atoms. The third-order valence-electron chi connectivity index (χ3n) is 4.46. The maximum Gasteiger partial charge on any atom is 0.279 e. The lowest BCUT2D eigenvalue weighted by Crippen LogP contribution is -2.19. The van der Waals surface area contributed by atoms with Gasteiger partial charge in [-0.3, -0.25) is 4.79 Å². The van der Waals surface area contributed by atoms with Crippen molar-refractivity contribution in [3.63, 3.8) is 0 Å². The van der Waals surface area contributed by atoms with Gasteiger partial charge in [-0.2, -0.15) is 0 Å². The van der Waals surface area contributed by atoms with Gasteiger partial charge >= 0.3 is 0 Å². The minimum Gasteiger partial charge on any atom is -0.473 e. The van der Waals surface area contributed by atoms with Gasteiger partial charge in [0.15, 0.2) is 5.69 Å². The van der Waals surface area contributed by atoms with Gasteiger partial charge in [-0.25, -0.2) is 9.97 Å². The van der Waals surface area contributed by atoms with Crippen LogP contribution >= 0.6 is 0 Å². The number of carbonyl (C=O) groups is 1. The van der Waals surface area contributed by atoms with Gasteiger partial charge in [0.2, 0.25) is 5.88 Å². The first-order valence-electron chi connectivity index (χ1n) is 9.24. The van der Waals surface area contributed by atoms with E-state index in [9.17, 15) is 4.79 Å². The molecule has 0 bridgehead atoms. The number of hydrogen-bond acceptors (Lipinski definition) is 4. The zero-order chi connectivity index (χ0) is 19.6. The van der Waals surface area contributed by atoms with E-state index in [4.69, 9.17) is 4.74 Å². The number of ether oxygens (including phenoxy) is 1. The van der Waals surface area contributed by atoms with Crippen LogP contribution in [-0.2, 0) is 6.42 Å². The highest BCUT2D eigenvalue weighted by Crippen LogP contribution is 2.24. The lowest BCUT2D eigenvalue weighted by Gasteiger charge is -2.15. The Morgan fingerprint density at radius 3 is 2.33 bits per heavy atom. The van der Waals surface area contributed by atoms with E-state index in [0.717, 1.165) is 34.3 Å². The summed E-state index contributed by atoms with van der Waals surface area (Å²) >= 11 is 0. The molecule has 0 aliphatic carbocycles. The van der Waals surface area contributed by atoms with Crippen molar-refractivity contribution < 1.29 is 9.53 Å². The van der Waals surface area contributed by atoms with Crippen LogP contribution in [0, 0.1) is 13.8 Å². The molecule has 5 nitrogen and oxygen atoms in total. The van der Waals surface area contributed by atoms with E-state index in [1.807, 2.05) is 64.1 Å². The molecule has 0 atom stereocenters. The molecule has 0 aliphatic rings. The van der Waals surface area contributed by atoms with Crippen LogP contribution in [0.5, 0.6) is 5.88 Å². The van der Waals surface area contributed by atoms with E-state index < -0.39 is 0 Å². The number of fused-ring (bicyclic) bond motifs is 1. The topological polar surface area (TPSA) is 64.1 Å². The van der Waals surface area contributed by atoms with Crippen LogP contribution < -0.4 is 10.1 Å². The molecule has 3 aromatic rings. The number of nitrogens with one attached hydrogen (secondary N) is 1. The molecule has 0 saturated carbocycles. The highest BCUT2D eigenvalue weighted by Gasteiger charge is 2.20. The first-order valence-corrected chi connectivity index (χ1v) is 9.24. The monoisotopic (exact) mass is 363 g/mol. The summed E-state index contributed by atoms with van der Waals surface area (Å²) in [6.45, 7) is 9.91. The Balaban J connectivity index is 2.07. The van der Waals surface area contributed by atoms with Crippen molar-refractivity contribution in [3.8, 4) is 5.88 Å². The van der Waals surface area contributed by atoms with Crippen LogP contribution in [-0.4, -0.2) is 22.0 Å². The fourth-order valence-corrected chi connectivity index (χ4v) is 2.88. The van der Waals surface area contributed by atoms with E-state index in [-0.39, 0.29) is 23.6 Å². The van der Waals surface area contributed by atoms with Crippen LogP contribution in [0.15, 0.2) is 36.4 Å². The van der Waals surface area contributed by atoms with Crippen molar-refractivity contribution in [1.29, 1.82) is 0 Å². The lowest BCUT2D eigenvalue weighted by molar-refractivity contribution is 0.101. The Hall–Kier alpha value is -2.95. The SMILES string of the molecule is CCc1ccccc1NC(=O)c1nc2cc(C)c(C)cc2nc1OC(C)C. The first-order chi connectivity index (χ1) is 12.9. The summed E-state index contributed by atoms with van der Waals surface area (Å²) in [5, 5.41) is 2.96. The zero-order valence-corrected chi connectivity index (χ0v) is 16.5. The number of para-hydroxylation sites is 1. The number of nitrogens with zero attached hydrogens (tertiary/aromatic N) is 2. The lowest BCUT2D eigenvalue weighted by atomic mass is 10.1. The molecule has 0 fully saturated rings. The summed E-state index contributed by atoms with van der Waals surface area (Å²) in [6.07, 6.45) is 0.714. The van der Waals surface area contributed by atoms with Gasteiger partial charge in [0.05, 0.1) is 17.1 Å². The summed E-state index contributed by atoms with van der Waals surface area (Å²) < 4.78 is 5.80. The van der Waals surface area contributed by atoms with Gasteiger partial charge in [0, 0.05) is 5.69 Å². The molecular formula is C22H25N3O2. The molecule has 1 N–H and O–H groups in total. The molecule has 5 heteroatoms. The molecule has 3 rings (SSSR count).